The first-order chi connectivity index (χ1) is 16.3. The normalized spacial score (nSPS) is 21.8. The van der Waals surface area contributed by atoms with Crippen LogP contribution in [0.2, 0.25) is 0 Å². The van der Waals surface area contributed by atoms with Gasteiger partial charge in [-0.2, -0.15) is 4.31 Å². The number of amides is 1. The van der Waals surface area contributed by atoms with E-state index >= 15 is 0 Å². The van der Waals surface area contributed by atoms with Gasteiger partial charge in [0.1, 0.15) is 10.6 Å². The minimum Gasteiger partial charge on any atom is -0.495 e. The van der Waals surface area contributed by atoms with E-state index in [9.17, 15) is 13.2 Å². The van der Waals surface area contributed by atoms with E-state index in [0.717, 1.165) is 25.2 Å². The van der Waals surface area contributed by atoms with Crippen LogP contribution >= 0.6 is 0 Å². The van der Waals surface area contributed by atoms with E-state index in [-0.39, 0.29) is 34.0 Å². The number of nitrogens with one attached hydrogen (secondary N) is 1. The van der Waals surface area contributed by atoms with Crippen LogP contribution in [-0.4, -0.2) is 65.1 Å². The third-order valence-electron chi connectivity index (χ3n) is 6.38. The van der Waals surface area contributed by atoms with E-state index in [1.807, 2.05) is 24.3 Å². The fourth-order valence-electron chi connectivity index (χ4n) is 4.81. The summed E-state index contributed by atoms with van der Waals surface area (Å²) in [5, 5.41) is 2.96. The summed E-state index contributed by atoms with van der Waals surface area (Å²) >= 11 is 0. The fourth-order valence-corrected chi connectivity index (χ4v) is 6.68. The molecular weight excluding hydrogens is 454 g/mol. The van der Waals surface area contributed by atoms with Crippen LogP contribution in [0.4, 0.5) is 11.4 Å². The van der Waals surface area contributed by atoms with Crippen LogP contribution in [0.15, 0.2) is 47.4 Å². The summed E-state index contributed by atoms with van der Waals surface area (Å²) < 4.78 is 39.4. The molecule has 0 bridgehead atoms. The highest BCUT2D eigenvalue weighted by Gasteiger charge is 2.34. The zero-order valence-electron chi connectivity index (χ0n) is 20.0. The van der Waals surface area contributed by atoms with Crippen molar-refractivity contribution in [1.82, 2.24) is 4.31 Å². The summed E-state index contributed by atoms with van der Waals surface area (Å²) in [7, 11) is -2.38. The molecule has 2 atom stereocenters. The number of hydrogen-bond acceptors (Lipinski definition) is 6. The molecule has 184 valence electrons. The summed E-state index contributed by atoms with van der Waals surface area (Å²) in [6, 6.07) is 12.2. The van der Waals surface area contributed by atoms with Gasteiger partial charge in [0.05, 0.1) is 31.7 Å². The number of morpholine rings is 1. The van der Waals surface area contributed by atoms with E-state index in [1.165, 1.54) is 17.5 Å². The highest BCUT2D eigenvalue weighted by Crippen LogP contribution is 2.33. The summed E-state index contributed by atoms with van der Waals surface area (Å²) in [5.41, 5.74) is 1.85. The Morgan fingerprint density at radius 3 is 2.41 bits per heavy atom. The number of sulfonamides is 1. The van der Waals surface area contributed by atoms with Crippen LogP contribution in [0.3, 0.4) is 0 Å². The van der Waals surface area contributed by atoms with Gasteiger partial charge in [0.2, 0.25) is 10.0 Å². The molecular formula is C25H33N3O5S. The Kier molecular flexibility index (Phi) is 7.45. The lowest BCUT2D eigenvalue weighted by Crippen LogP contribution is -2.42. The number of carbonyl (C=O) groups excluding carboxylic acids is 1. The molecule has 1 N–H and O–H groups in total. The fraction of sp³-hybridized carbons (Fsp3) is 0.480. The van der Waals surface area contributed by atoms with E-state index in [0.29, 0.717) is 32.0 Å². The van der Waals surface area contributed by atoms with Crippen molar-refractivity contribution in [3.63, 3.8) is 0 Å². The standard InChI is InChI=1S/C25H33N3O5S/c1-18-14-19(2)17-28(16-18)34(30,31)24-15-20(8-9-23(24)32-3)25(29)26-21-6-4-5-7-22(21)27-10-12-33-13-11-27/h4-9,15,18-19H,10-14,16-17H2,1-3H3,(H,26,29). The Balaban J connectivity index is 1.62. The lowest BCUT2D eigenvalue weighted by atomic mass is 9.94. The molecule has 2 aromatic rings. The molecule has 9 heteroatoms. The number of hydrogen-bond donors (Lipinski definition) is 1. The molecule has 0 radical (unpaired) electrons. The maximum absolute atomic E-state index is 13.5. The first kappa shape index (κ1) is 24.5. The number of nitrogens with zero attached hydrogens (tertiary/aromatic N) is 2. The van der Waals surface area contributed by atoms with Crippen LogP contribution in [0.1, 0.15) is 30.6 Å². The molecule has 2 fully saturated rings. The maximum atomic E-state index is 13.5. The number of para-hydroxylation sites is 2. The Morgan fingerprint density at radius 2 is 1.74 bits per heavy atom. The smallest absolute Gasteiger partial charge is 0.255 e. The minimum absolute atomic E-state index is 0.0189. The van der Waals surface area contributed by atoms with Crippen LogP contribution in [0, 0.1) is 11.8 Å². The monoisotopic (exact) mass is 487 g/mol. The van der Waals surface area contributed by atoms with Crippen molar-refractivity contribution in [2.45, 2.75) is 25.2 Å². The van der Waals surface area contributed by atoms with Gasteiger partial charge in [0.25, 0.3) is 5.91 Å². The van der Waals surface area contributed by atoms with E-state index in [4.69, 9.17) is 9.47 Å². The van der Waals surface area contributed by atoms with Gasteiger partial charge in [0, 0.05) is 31.7 Å². The molecule has 8 nitrogen and oxygen atoms in total. The van der Waals surface area contributed by atoms with Gasteiger partial charge in [-0.05, 0) is 48.6 Å². The molecule has 0 aliphatic carbocycles. The molecule has 2 aromatic carbocycles. The Bertz CT molecular complexity index is 1120. The van der Waals surface area contributed by atoms with E-state index in [1.54, 1.807) is 12.1 Å². The largest absolute Gasteiger partial charge is 0.495 e. The van der Waals surface area contributed by atoms with Gasteiger partial charge in [-0.1, -0.05) is 26.0 Å². The quantitative estimate of drug-likeness (QED) is 0.672. The summed E-state index contributed by atoms with van der Waals surface area (Å²) in [6.45, 7) is 7.79. The minimum atomic E-state index is -3.82. The first-order valence-corrected chi connectivity index (χ1v) is 13.1. The third-order valence-corrected chi connectivity index (χ3v) is 8.24. The topological polar surface area (TPSA) is 88.2 Å². The predicted molar refractivity (Wildman–Crippen MR) is 132 cm³/mol. The van der Waals surface area contributed by atoms with Crippen LogP contribution in [0.5, 0.6) is 5.75 Å². The Hall–Kier alpha value is -2.62. The van der Waals surface area contributed by atoms with Crippen LogP contribution < -0.4 is 15.0 Å². The first-order valence-electron chi connectivity index (χ1n) is 11.7. The summed E-state index contributed by atoms with van der Waals surface area (Å²) in [4.78, 5) is 15.4. The number of methoxy groups -OCH3 is 1. The molecule has 0 saturated carbocycles. The second-order valence-electron chi connectivity index (χ2n) is 9.20. The van der Waals surface area contributed by atoms with Gasteiger partial charge in [-0.15, -0.1) is 0 Å². The van der Waals surface area contributed by atoms with Crippen molar-refractivity contribution in [1.29, 1.82) is 0 Å². The van der Waals surface area contributed by atoms with Crippen LogP contribution in [-0.2, 0) is 14.8 Å². The molecule has 2 heterocycles. The lowest BCUT2D eigenvalue weighted by molar-refractivity contribution is 0.102. The van der Waals surface area contributed by atoms with Crippen molar-refractivity contribution in [3.05, 3.63) is 48.0 Å². The summed E-state index contributed by atoms with van der Waals surface area (Å²) in [5.74, 6) is 0.400. The lowest BCUT2D eigenvalue weighted by Gasteiger charge is -2.34. The number of anilines is 2. The average molecular weight is 488 g/mol. The molecule has 34 heavy (non-hydrogen) atoms. The molecule has 1 amide bonds. The van der Waals surface area contributed by atoms with Gasteiger partial charge < -0.3 is 19.7 Å². The molecule has 0 aromatic heterocycles. The Morgan fingerprint density at radius 1 is 1.06 bits per heavy atom. The van der Waals surface area contributed by atoms with E-state index < -0.39 is 10.0 Å². The summed E-state index contributed by atoms with van der Waals surface area (Å²) in [6.07, 6.45) is 0.994. The molecule has 2 aliphatic rings. The van der Waals surface area contributed by atoms with Crippen molar-refractivity contribution in [2.75, 3.05) is 56.7 Å². The molecule has 2 aliphatic heterocycles. The number of piperidine rings is 1. The van der Waals surface area contributed by atoms with E-state index in [2.05, 4.69) is 24.1 Å². The third kappa shape index (κ3) is 5.21. The SMILES string of the molecule is COc1ccc(C(=O)Nc2ccccc2N2CCOCC2)cc1S(=O)(=O)N1CC(C)CC(C)C1. The highest BCUT2D eigenvalue weighted by atomic mass is 32.2. The van der Waals surface area contributed by atoms with Gasteiger partial charge >= 0.3 is 0 Å². The van der Waals surface area contributed by atoms with Gasteiger partial charge in [0.15, 0.2) is 0 Å². The van der Waals surface area contributed by atoms with Gasteiger partial charge in [-0.25, -0.2) is 8.42 Å². The van der Waals surface area contributed by atoms with Crippen molar-refractivity contribution < 1.29 is 22.7 Å². The second kappa shape index (κ2) is 10.3. The van der Waals surface area contributed by atoms with Crippen molar-refractivity contribution >= 4 is 27.3 Å². The average Bonchev–Trinajstić information content (AvgIpc) is 2.84. The molecule has 2 saturated heterocycles. The van der Waals surface area contributed by atoms with Crippen molar-refractivity contribution in [2.24, 2.45) is 11.8 Å². The molecule has 2 unspecified atom stereocenters. The molecule has 4 rings (SSSR count). The number of carbonyl (C=O) groups is 1. The number of benzene rings is 2. The van der Waals surface area contributed by atoms with Crippen LogP contribution in [0.25, 0.3) is 0 Å². The Labute approximate surface area is 201 Å². The zero-order valence-corrected chi connectivity index (χ0v) is 20.8. The second-order valence-corrected chi connectivity index (χ2v) is 11.1. The molecule has 0 spiro atoms. The predicted octanol–water partition coefficient (Wildman–Crippen LogP) is 3.45. The maximum Gasteiger partial charge on any atom is 0.255 e. The highest BCUT2D eigenvalue weighted by molar-refractivity contribution is 7.89. The number of rotatable bonds is 6. The van der Waals surface area contributed by atoms with Crippen molar-refractivity contribution in [3.8, 4) is 5.75 Å². The van der Waals surface area contributed by atoms with Gasteiger partial charge in [-0.3, -0.25) is 4.79 Å². The zero-order chi connectivity index (χ0) is 24.3. The number of ether oxygens (including phenoxy) is 2.